The summed E-state index contributed by atoms with van der Waals surface area (Å²) in [5.41, 5.74) is 1.70. The summed E-state index contributed by atoms with van der Waals surface area (Å²) in [4.78, 5) is 13.1. The van der Waals surface area contributed by atoms with Crippen molar-refractivity contribution in [3.05, 3.63) is 87.9 Å². The SMILES string of the molecule is Cc1ccc(C)c(N(C(=O)COc2ccccc2Cl)S(=O)(=O)c2ccc(Cl)cc2)c1. The van der Waals surface area contributed by atoms with E-state index in [1.165, 1.54) is 24.3 Å². The Morgan fingerprint density at radius 1 is 0.967 bits per heavy atom. The number of para-hydroxylation sites is 1. The van der Waals surface area contributed by atoms with Crippen LogP contribution in [0.1, 0.15) is 11.1 Å². The van der Waals surface area contributed by atoms with Gasteiger partial charge < -0.3 is 4.74 Å². The third-order valence-electron chi connectivity index (χ3n) is 4.35. The highest BCUT2D eigenvalue weighted by Crippen LogP contribution is 2.29. The van der Waals surface area contributed by atoms with Crippen molar-refractivity contribution in [3.63, 3.8) is 0 Å². The molecule has 0 bridgehead atoms. The lowest BCUT2D eigenvalue weighted by Crippen LogP contribution is -2.40. The Morgan fingerprint density at radius 2 is 1.63 bits per heavy atom. The second-order valence-corrected chi connectivity index (χ2v) is 9.26. The molecule has 3 aromatic rings. The highest BCUT2D eigenvalue weighted by molar-refractivity contribution is 7.93. The number of sulfonamides is 1. The van der Waals surface area contributed by atoms with Gasteiger partial charge in [-0.3, -0.25) is 4.79 Å². The zero-order valence-corrected chi connectivity index (χ0v) is 18.6. The third kappa shape index (κ3) is 4.78. The molecule has 8 heteroatoms. The molecule has 0 atom stereocenters. The summed E-state index contributed by atoms with van der Waals surface area (Å²) in [6.07, 6.45) is 0. The Kier molecular flexibility index (Phi) is 6.71. The lowest BCUT2D eigenvalue weighted by molar-refractivity contribution is -0.119. The summed E-state index contributed by atoms with van der Waals surface area (Å²) in [7, 11) is -4.21. The van der Waals surface area contributed by atoms with E-state index < -0.39 is 22.5 Å². The van der Waals surface area contributed by atoms with E-state index in [-0.39, 0.29) is 16.3 Å². The normalized spacial score (nSPS) is 11.2. The topological polar surface area (TPSA) is 63.7 Å². The number of anilines is 1. The van der Waals surface area contributed by atoms with Crippen molar-refractivity contribution in [1.82, 2.24) is 0 Å². The Hall–Kier alpha value is -2.54. The average molecular weight is 464 g/mol. The van der Waals surface area contributed by atoms with Crippen molar-refractivity contribution in [3.8, 4) is 5.75 Å². The monoisotopic (exact) mass is 463 g/mol. The first kappa shape index (κ1) is 22.2. The van der Waals surface area contributed by atoms with Crippen molar-refractivity contribution in [2.24, 2.45) is 0 Å². The van der Waals surface area contributed by atoms with Gasteiger partial charge in [-0.15, -0.1) is 0 Å². The van der Waals surface area contributed by atoms with Crippen molar-refractivity contribution in [1.29, 1.82) is 0 Å². The molecule has 1 amide bonds. The van der Waals surface area contributed by atoms with Crippen LogP contribution in [0.5, 0.6) is 5.75 Å². The second-order valence-electron chi connectivity index (χ2n) is 6.63. The lowest BCUT2D eigenvalue weighted by atomic mass is 10.1. The predicted molar refractivity (Wildman–Crippen MR) is 119 cm³/mol. The van der Waals surface area contributed by atoms with E-state index in [2.05, 4.69) is 0 Å². The maximum absolute atomic E-state index is 13.4. The number of aryl methyl sites for hydroxylation is 2. The fourth-order valence-corrected chi connectivity index (χ4v) is 4.59. The molecule has 0 saturated heterocycles. The fourth-order valence-electron chi connectivity index (χ4n) is 2.81. The summed E-state index contributed by atoms with van der Waals surface area (Å²) < 4.78 is 33.1. The third-order valence-corrected chi connectivity index (χ3v) is 6.66. The number of nitrogens with zero attached hydrogens (tertiary/aromatic N) is 1. The molecule has 0 spiro atoms. The molecule has 156 valence electrons. The van der Waals surface area contributed by atoms with Crippen LogP contribution >= 0.6 is 23.2 Å². The van der Waals surface area contributed by atoms with Gasteiger partial charge in [0.05, 0.1) is 15.6 Å². The van der Waals surface area contributed by atoms with Gasteiger partial charge in [-0.05, 0) is 67.4 Å². The first-order valence-electron chi connectivity index (χ1n) is 8.98. The van der Waals surface area contributed by atoms with Crippen molar-refractivity contribution in [2.75, 3.05) is 10.9 Å². The molecular formula is C22H19Cl2NO4S. The number of hydrogen-bond acceptors (Lipinski definition) is 4. The highest BCUT2D eigenvalue weighted by Gasteiger charge is 2.32. The second kappa shape index (κ2) is 9.08. The average Bonchev–Trinajstić information content (AvgIpc) is 2.70. The molecule has 0 unspecified atom stereocenters. The molecule has 0 heterocycles. The number of hydrogen-bond donors (Lipinski definition) is 0. The fraction of sp³-hybridized carbons (Fsp3) is 0.136. The van der Waals surface area contributed by atoms with Crippen LogP contribution in [-0.4, -0.2) is 20.9 Å². The molecule has 0 radical (unpaired) electrons. The van der Waals surface area contributed by atoms with Crippen LogP contribution in [0.2, 0.25) is 10.0 Å². The number of ether oxygens (including phenoxy) is 1. The summed E-state index contributed by atoms with van der Waals surface area (Å²) in [5.74, 6) is -0.462. The van der Waals surface area contributed by atoms with E-state index in [0.717, 1.165) is 9.87 Å². The van der Waals surface area contributed by atoms with Crippen LogP contribution in [-0.2, 0) is 14.8 Å². The van der Waals surface area contributed by atoms with Gasteiger partial charge in [0.2, 0.25) is 0 Å². The zero-order chi connectivity index (χ0) is 21.9. The largest absolute Gasteiger partial charge is 0.482 e. The number of benzene rings is 3. The number of carbonyl (C=O) groups excluding carboxylic acids is 1. The van der Waals surface area contributed by atoms with Crippen LogP contribution in [0, 0.1) is 13.8 Å². The van der Waals surface area contributed by atoms with Crippen LogP contribution in [0.3, 0.4) is 0 Å². The molecule has 0 fully saturated rings. The summed E-state index contributed by atoms with van der Waals surface area (Å²) in [6.45, 7) is 3.05. The van der Waals surface area contributed by atoms with E-state index in [1.807, 2.05) is 13.0 Å². The molecular weight excluding hydrogens is 445 g/mol. The van der Waals surface area contributed by atoms with Gasteiger partial charge in [0.15, 0.2) is 6.61 Å². The van der Waals surface area contributed by atoms with E-state index >= 15 is 0 Å². The van der Waals surface area contributed by atoms with Gasteiger partial charge in [-0.2, -0.15) is 4.31 Å². The summed E-state index contributed by atoms with van der Waals surface area (Å²) >= 11 is 12.0. The molecule has 5 nitrogen and oxygen atoms in total. The van der Waals surface area contributed by atoms with Crippen LogP contribution < -0.4 is 9.04 Å². The van der Waals surface area contributed by atoms with Gasteiger partial charge in [0.1, 0.15) is 5.75 Å². The van der Waals surface area contributed by atoms with Gasteiger partial charge in [-0.1, -0.05) is 47.5 Å². The Bertz CT molecular complexity index is 1180. The number of amides is 1. The Labute approximate surface area is 185 Å². The van der Waals surface area contributed by atoms with E-state index in [0.29, 0.717) is 15.6 Å². The minimum absolute atomic E-state index is 0.0566. The van der Waals surface area contributed by atoms with Crippen LogP contribution in [0.15, 0.2) is 71.6 Å². The van der Waals surface area contributed by atoms with E-state index in [9.17, 15) is 13.2 Å². The minimum atomic E-state index is -4.21. The Morgan fingerprint density at radius 3 is 2.30 bits per heavy atom. The van der Waals surface area contributed by atoms with E-state index in [4.69, 9.17) is 27.9 Å². The molecule has 0 aliphatic carbocycles. The van der Waals surface area contributed by atoms with Gasteiger partial charge >= 0.3 is 0 Å². The number of rotatable bonds is 6. The summed E-state index contributed by atoms with van der Waals surface area (Å²) in [6, 6.07) is 17.5. The molecule has 3 aromatic carbocycles. The van der Waals surface area contributed by atoms with Gasteiger partial charge in [-0.25, -0.2) is 8.42 Å². The quantitative estimate of drug-likeness (QED) is 0.489. The van der Waals surface area contributed by atoms with Crippen LogP contribution in [0.4, 0.5) is 5.69 Å². The van der Waals surface area contributed by atoms with Crippen molar-refractivity contribution < 1.29 is 17.9 Å². The molecule has 0 aliphatic heterocycles. The van der Waals surface area contributed by atoms with Crippen LogP contribution in [0.25, 0.3) is 0 Å². The first-order valence-corrected chi connectivity index (χ1v) is 11.2. The number of halogens is 2. The molecule has 0 aliphatic rings. The molecule has 30 heavy (non-hydrogen) atoms. The number of carbonyl (C=O) groups is 1. The van der Waals surface area contributed by atoms with Crippen molar-refractivity contribution >= 4 is 44.8 Å². The van der Waals surface area contributed by atoms with Gasteiger partial charge in [0, 0.05) is 5.02 Å². The maximum atomic E-state index is 13.4. The standard InChI is InChI=1S/C22H19Cl2NO4S/c1-15-7-8-16(2)20(13-15)25(30(27,28)18-11-9-17(23)10-12-18)22(26)14-29-21-6-4-3-5-19(21)24/h3-13H,14H2,1-2H3. The predicted octanol–water partition coefficient (Wildman–Crippen LogP) is 5.41. The Balaban J connectivity index is 2.03. The van der Waals surface area contributed by atoms with E-state index in [1.54, 1.807) is 43.3 Å². The van der Waals surface area contributed by atoms with Crippen molar-refractivity contribution in [2.45, 2.75) is 18.7 Å². The maximum Gasteiger partial charge on any atom is 0.278 e. The summed E-state index contributed by atoms with van der Waals surface area (Å²) in [5, 5.41) is 0.713. The smallest absolute Gasteiger partial charge is 0.278 e. The van der Waals surface area contributed by atoms with Gasteiger partial charge in [0.25, 0.3) is 15.9 Å². The first-order chi connectivity index (χ1) is 14.2. The minimum Gasteiger partial charge on any atom is -0.482 e. The molecule has 0 N–H and O–H groups in total. The lowest BCUT2D eigenvalue weighted by Gasteiger charge is -2.25. The molecule has 3 rings (SSSR count). The molecule has 0 saturated carbocycles. The zero-order valence-electron chi connectivity index (χ0n) is 16.3. The highest BCUT2D eigenvalue weighted by atomic mass is 35.5. The molecule has 0 aromatic heterocycles.